The fraction of sp³-hybridized carbons (Fsp3) is 0.538. The zero-order valence-corrected chi connectivity index (χ0v) is 10.6. The molecule has 0 radical (unpaired) electrons. The summed E-state index contributed by atoms with van der Waals surface area (Å²) in [5, 5.41) is 3.66. The van der Waals surface area contributed by atoms with Gasteiger partial charge in [0, 0.05) is 6.04 Å². The highest BCUT2D eigenvalue weighted by Crippen LogP contribution is 2.23. The Morgan fingerprint density at radius 2 is 2.06 bits per heavy atom. The summed E-state index contributed by atoms with van der Waals surface area (Å²) in [5.41, 5.74) is 1.07. The number of benzene rings is 1. The van der Waals surface area contributed by atoms with Crippen LogP contribution in [0.5, 0.6) is 0 Å². The molecule has 0 aliphatic rings. The van der Waals surface area contributed by atoms with Crippen LogP contribution < -0.4 is 5.32 Å². The van der Waals surface area contributed by atoms with E-state index in [1.165, 1.54) is 6.07 Å². The van der Waals surface area contributed by atoms with Crippen molar-refractivity contribution in [2.45, 2.75) is 39.2 Å². The van der Waals surface area contributed by atoms with Gasteiger partial charge < -0.3 is 5.32 Å². The Hall–Kier alpha value is -0.600. The lowest BCUT2D eigenvalue weighted by atomic mass is 10.0. The molecule has 1 atom stereocenters. The molecule has 0 spiro atoms. The Morgan fingerprint density at radius 1 is 1.31 bits per heavy atom. The number of halogens is 2. The molecule has 0 aliphatic heterocycles. The fourth-order valence-corrected chi connectivity index (χ4v) is 1.91. The predicted molar refractivity (Wildman–Crippen MR) is 67.4 cm³/mol. The van der Waals surface area contributed by atoms with Crippen molar-refractivity contribution in [1.82, 2.24) is 5.32 Å². The second-order valence-corrected chi connectivity index (χ2v) is 4.38. The summed E-state index contributed by atoms with van der Waals surface area (Å²) < 4.78 is 13.0. The van der Waals surface area contributed by atoms with Gasteiger partial charge in [-0.3, -0.25) is 0 Å². The molecule has 3 heteroatoms. The molecule has 1 rings (SSSR count). The first kappa shape index (κ1) is 13.5. The summed E-state index contributed by atoms with van der Waals surface area (Å²) in [6.07, 6.45) is 3.23. The van der Waals surface area contributed by atoms with Crippen LogP contribution in [0.3, 0.4) is 0 Å². The van der Waals surface area contributed by atoms with Crippen LogP contribution in [0.1, 0.15) is 44.7 Å². The Balaban J connectivity index is 2.78. The highest BCUT2D eigenvalue weighted by atomic mass is 35.5. The Bertz CT molecular complexity index is 328. The van der Waals surface area contributed by atoms with E-state index in [2.05, 4.69) is 19.2 Å². The third-order valence-electron chi connectivity index (χ3n) is 2.56. The summed E-state index contributed by atoms with van der Waals surface area (Å²) >= 11 is 5.79. The molecule has 0 bridgehead atoms. The van der Waals surface area contributed by atoms with E-state index in [4.69, 9.17) is 11.6 Å². The van der Waals surface area contributed by atoms with E-state index < -0.39 is 0 Å². The quantitative estimate of drug-likeness (QED) is 0.785. The number of rotatable bonds is 6. The number of nitrogens with one attached hydrogen (secondary N) is 1. The van der Waals surface area contributed by atoms with Crippen molar-refractivity contribution >= 4 is 11.6 Å². The van der Waals surface area contributed by atoms with Crippen molar-refractivity contribution in [2.24, 2.45) is 0 Å². The van der Waals surface area contributed by atoms with E-state index >= 15 is 0 Å². The predicted octanol–water partition coefficient (Wildman–Crippen LogP) is 4.32. The Morgan fingerprint density at radius 3 is 2.62 bits per heavy atom. The van der Waals surface area contributed by atoms with Crippen molar-refractivity contribution in [3.05, 3.63) is 34.6 Å². The zero-order chi connectivity index (χ0) is 12.0. The molecule has 1 N–H and O–H groups in total. The van der Waals surface area contributed by atoms with E-state index in [0.717, 1.165) is 31.4 Å². The first-order chi connectivity index (χ1) is 7.69. The molecule has 0 saturated carbocycles. The van der Waals surface area contributed by atoms with Gasteiger partial charge >= 0.3 is 0 Å². The molecule has 1 nitrogen and oxygen atoms in total. The van der Waals surface area contributed by atoms with Gasteiger partial charge in [0.25, 0.3) is 0 Å². The van der Waals surface area contributed by atoms with Crippen LogP contribution in [0.25, 0.3) is 0 Å². The lowest BCUT2D eigenvalue weighted by molar-refractivity contribution is 0.493. The number of hydrogen-bond donors (Lipinski definition) is 1. The lowest BCUT2D eigenvalue weighted by Crippen LogP contribution is -2.22. The van der Waals surface area contributed by atoms with E-state index in [-0.39, 0.29) is 16.9 Å². The molecular formula is C13H19ClFN. The van der Waals surface area contributed by atoms with E-state index in [9.17, 15) is 4.39 Å². The second-order valence-electron chi connectivity index (χ2n) is 3.97. The molecule has 0 aromatic heterocycles. The maximum atomic E-state index is 13.0. The van der Waals surface area contributed by atoms with Crippen molar-refractivity contribution < 1.29 is 4.39 Å². The minimum atomic E-state index is -0.351. The summed E-state index contributed by atoms with van der Waals surface area (Å²) in [6.45, 7) is 5.25. The van der Waals surface area contributed by atoms with E-state index in [1.807, 2.05) is 6.07 Å². The largest absolute Gasteiger partial charge is 0.310 e. The highest BCUT2D eigenvalue weighted by Gasteiger charge is 2.11. The first-order valence-electron chi connectivity index (χ1n) is 5.87. The molecule has 90 valence electrons. The Labute approximate surface area is 102 Å². The van der Waals surface area contributed by atoms with E-state index in [0.29, 0.717) is 0 Å². The molecule has 0 heterocycles. The Kier molecular flexibility index (Phi) is 5.78. The van der Waals surface area contributed by atoms with Crippen LogP contribution in [-0.2, 0) is 0 Å². The molecule has 1 aromatic carbocycles. The maximum Gasteiger partial charge on any atom is 0.141 e. The van der Waals surface area contributed by atoms with Crippen molar-refractivity contribution in [2.75, 3.05) is 6.54 Å². The van der Waals surface area contributed by atoms with Gasteiger partial charge in [-0.05, 0) is 37.1 Å². The van der Waals surface area contributed by atoms with E-state index in [1.54, 1.807) is 6.07 Å². The van der Waals surface area contributed by atoms with Gasteiger partial charge in [0.15, 0.2) is 0 Å². The van der Waals surface area contributed by atoms with Crippen LogP contribution in [0, 0.1) is 5.82 Å². The normalized spacial score (nSPS) is 12.8. The third-order valence-corrected chi connectivity index (χ3v) is 2.85. The van der Waals surface area contributed by atoms with Crippen LogP contribution >= 0.6 is 11.6 Å². The van der Waals surface area contributed by atoms with Crippen molar-refractivity contribution in [3.63, 3.8) is 0 Å². The molecule has 0 aliphatic carbocycles. The summed E-state index contributed by atoms with van der Waals surface area (Å²) in [4.78, 5) is 0. The second kappa shape index (κ2) is 6.87. The molecule has 16 heavy (non-hydrogen) atoms. The fourth-order valence-electron chi connectivity index (χ4n) is 1.72. The van der Waals surface area contributed by atoms with Crippen LogP contribution in [-0.4, -0.2) is 6.54 Å². The zero-order valence-electron chi connectivity index (χ0n) is 9.89. The molecule has 0 amide bonds. The molecule has 0 fully saturated rings. The van der Waals surface area contributed by atoms with Crippen LogP contribution in [0.4, 0.5) is 4.39 Å². The van der Waals surface area contributed by atoms with Gasteiger partial charge in [0.05, 0.1) is 5.02 Å². The van der Waals surface area contributed by atoms with Crippen molar-refractivity contribution in [1.29, 1.82) is 0 Å². The molecule has 0 saturated heterocycles. The topological polar surface area (TPSA) is 12.0 Å². The average molecular weight is 244 g/mol. The van der Waals surface area contributed by atoms with Gasteiger partial charge in [-0.15, -0.1) is 0 Å². The summed E-state index contributed by atoms with van der Waals surface area (Å²) in [5.74, 6) is -0.351. The minimum Gasteiger partial charge on any atom is -0.310 e. The third kappa shape index (κ3) is 3.76. The standard InChI is InChI=1S/C13H19ClFN/c1-3-5-13(16-8-4-2)10-6-7-12(15)11(14)9-10/h6-7,9,13,16H,3-5,8H2,1-2H3. The van der Waals surface area contributed by atoms with Crippen LogP contribution in [0.2, 0.25) is 5.02 Å². The SMILES string of the molecule is CCCNC(CCC)c1ccc(F)c(Cl)c1. The van der Waals surface area contributed by atoms with Crippen LogP contribution in [0.15, 0.2) is 18.2 Å². The van der Waals surface area contributed by atoms with Gasteiger partial charge in [-0.25, -0.2) is 4.39 Å². The number of hydrogen-bond acceptors (Lipinski definition) is 1. The summed E-state index contributed by atoms with van der Waals surface area (Å²) in [7, 11) is 0. The average Bonchev–Trinajstić information content (AvgIpc) is 2.28. The monoisotopic (exact) mass is 243 g/mol. The highest BCUT2D eigenvalue weighted by molar-refractivity contribution is 6.30. The van der Waals surface area contributed by atoms with Crippen molar-refractivity contribution in [3.8, 4) is 0 Å². The van der Waals surface area contributed by atoms with Gasteiger partial charge in [0.1, 0.15) is 5.82 Å². The first-order valence-corrected chi connectivity index (χ1v) is 6.25. The lowest BCUT2D eigenvalue weighted by Gasteiger charge is -2.18. The maximum absolute atomic E-state index is 13.0. The van der Waals surface area contributed by atoms with Gasteiger partial charge in [-0.1, -0.05) is 37.9 Å². The summed E-state index contributed by atoms with van der Waals surface area (Å²) in [6, 6.07) is 5.25. The van der Waals surface area contributed by atoms with Gasteiger partial charge in [0.2, 0.25) is 0 Å². The minimum absolute atomic E-state index is 0.205. The smallest absolute Gasteiger partial charge is 0.141 e. The molecule has 1 aromatic rings. The molecular weight excluding hydrogens is 225 g/mol. The molecule has 1 unspecified atom stereocenters. The van der Waals surface area contributed by atoms with Gasteiger partial charge in [-0.2, -0.15) is 0 Å².